The molecule has 0 spiro atoms. The maximum atomic E-state index is 13.1. The average Bonchev–Trinajstić information content (AvgIpc) is 2.65. The lowest BCUT2D eigenvalue weighted by Crippen LogP contribution is -2.54. The second-order valence-corrected chi connectivity index (χ2v) is 10.2. The summed E-state index contributed by atoms with van der Waals surface area (Å²) in [6.07, 6.45) is 5.43. The zero-order chi connectivity index (χ0) is 18.9. The number of amides is 1. The van der Waals surface area contributed by atoms with Gasteiger partial charge in [-0.2, -0.15) is 4.31 Å². The zero-order valence-corrected chi connectivity index (χ0v) is 16.5. The van der Waals surface area contributed by atoms with E-state index in [0.29, 0.717) is 38.5 Å². The molecule has 1 aromatic rings. The molecule has 0 aromatic heterocycles. The summed E-state index contributed by atoms with van der Waals surface area (Å²) in [5.41, 5.74) is 2.31. The second kappa shape index (κ2) is 7.89. The molecule has 0 radical (unpaired) electrons. The molecule has 1 aromatic carbocycles. The molecule has 148 valence electrons. The SMILES string of the molecule is O=C(NC[C@H]1CCCCN1)C1CCC1S(=O)(=O)N1CCc2ccccc2C1. The Hall–Kier alpha value is -1.44. The van der Waals surface area contributed by atoms with E-state index < -0.39 is 21.2 Å². The van der Waals surface area contributed by atoms with Crippen molar-refractivity contribution in [1.82, 2.24) is 14.9 Å². The predicted octanol–water partition coefficient (Wildman–Crippen LogP) is 1.41. The second-order valence-electron chi connectivity index (χ2n) is 8.01. The highest BCUT2D eigenvalue weighted by Gasteiger charge is 2.47. The van der Waals surface area contributed by atoms with Crippen molar-refractivity contribution >= 4 is 15.9 Å². The van der Waals surface area contributed by atoms with Crippen molar-refractivity contribution < 1.29 is 13.2 Å². The Kier molecular flexibility index (Phi) is 5.53. The lowest BCUT2D eigenvalue weighted by atomic mass is 9.84. The van der Waals surface area contributed by atoms with Gasteiger partial charge in [-0.3, -0.25) is 4.79 Å². The lowest BCUT2D eigenvalue weighted by molar-refractivity contribution is -0.127. The number of hydrogen-bond donors (Lipinski definition) is 2. The summed E-state index contributed by atoms with van der Waals surface area (Å²) in [5, 5.41) is 5.83. The van der Waals surface area contributed by atoms with Crippen LogP contribution in [0.3, 0.4) is 0 Å². The molecule has 1 aliphatic carbocycles. The van der Waals surface area contributed by atoms with Gasteiger partial charge in [0.05, 0.1) is 11.2 Å². The van der Waals surface area contributed by atoms with Gasteiger partial charge in [0, 0.05) is 25.7 Å². The minimum atomic E-state index is -3.45. The van der Waals surface area contributed by atoms with Crippen molar-refractivity contribution in [3.05, 3.63) is 35.4 Å². The molecule has 2 unspecified atom stereocenters. The van der Waals surface area contributed by atoms with Crippen LogP contribution < -0.4 is 10.6 Å². The molecule has 27 heavy (non-hydrogen) atoms. The molecule has 2 heterocycles. The molecule has 6 nitrogen and oxygen atoms in total. The summed E-state index contributed by atoms with van der Waals surface area (Å²) >= 11 is 0. The molecule has 2 aliphatic heterocycles. The van der Waals surface area contributed by atoms with Crippen LogP contribution in [0.2, 0.25) is 0 Å². The minimum absolute atomic E-state index is 0.0976. The van der Waals surface area contributed by atoms with E-state index >= 15 is 0 Å². The lowest BCUT2D eigenvalue weighted by Gasteiger charge is -2.39. The fourth-order valence-electron chi connectivity index (χ4n) is 4.46. The molecule has 4 rings (SSSR count). The highest BCUT2D eigenvalue weighted by Crippen LogP contribution is 2.37. The van der Waals surface area contributed by atoms with Gasteiger partial charge in [-0.15, -0.1) is 0 Å². The number of nitrogens with one attached hydrogen (secondary N) is 2. The predicted molar refractivity (Wildman–Crippen MR) is 105 cm³/mol. The van der Waals surface area contributed by atoms with Gasteiger partial charge in [0.25, 0.3) is 0 Å². The van der Waals surface area contributed by atoms with Gasteiger partial charge in [-0.25, -0.2) is 8.42 Å². The molecular formula is C20H29N3O3S. The molecule has 3 atom stereocenters. The van der Waals surface area contributed by atoms with Crippen LogP contribution in [0.1, 0.15) is 43.2 Å². The number of fused-ring (bicyclic) bond motifs is 1. The van der Waals surface area contributed by atoms with Gasteiger partial charge >= 0.3 is 0 Å². The van der Waals surface area contributed by atoms with Crippen molar-refractivity contribution in [3.63, 3.8) is 0 Å². The van der Waals surface area contributed by atoms with Crippen LogP contribution >= 0.6 is 0 Å². The van der Waals surface area contributed by atoms with Crippen molar-refractivity contribution in [2.45, 2.75) is 56.4 Å². The molecule has 2 fully saturated rings. The quantitative estimate of drug-likeness (QED) is 0.796. The third-order valence-corrected chi connectivity index (χ3v) is 8.68. The van der Waals surface area contributed by atoms with Crippen molar-refractivity contribution in [3.8, 4) is 0 Å². The number of nitrogens with zero attached hydrogens (tertiary/aromatic N) is 1. The van der Waals surface area contributed by atoms with E-state index in [9.17, 15) is 13.2 Å². The summed E-state index contributed by atoms with van der Waals surface area (Å²) in [7, 11) is -3.45. The van der Waals surface area contributed by atoms with Gasteiger partial charge in [0.1, 0.15) is 0 Å². The number of sulfonamides is 1. The number of carbonyl (C=O) groups excluding carboxylic acids is 1. The first kappa shape index (κ1) is 18.9. The standard InChI is InChI=1S/C20H29N3O3S/c24-20(22-13-17-7-3-4-11-21-17)18-8-9-19(18)27(25,26)23-12-10-15-5-1-2-6-16(15)14-23/h1-2,5-6,17-19,21H,3-4,7-14H2,(H,22,24)/t17-,18?,19?/m1/s1. The van der Waals surface area contributed by atoms with E-state index in [1.54, 1.807) is 4.31 Å². The molecule has 0 bridgehead atoms. The Bertz CT molecular complexity index is 789. The van der Waals surface area contributed by atoms with Gasteiger partial charge in [0.15, 0.2) is 0 Å². The van der Waals surface area contributed by atoms with Crippen LogP contribution in [0, 0.1) is 5.92 Å². The van der Waals surface area contributed by atoms with Crippen LogP contribution in [0.25, 0.3) is 0 Å². The van der Waals surface area contributed by atoms with Crippen molar-refractivity contribution in [2.24, 2.45) is 5.92 Å². The Labute approximate surface area is 161 Å². The van der Waals surface area contributed by atoms with E-state index in [0.717, 1.165) is 24.9 Å². The van der Waals surface area contributed by atoms with E-state index in [1.807, 2.05) is 18.2 Å². The first-order valence-electron chi connectivity index (χ1n) is 10.1. The van der Waals surface area contributed by atoms with Crippen LogP contribution in [0.15, 0.2) is 24.3 Å². The highest BCUT2D eigenvalue weighted by atomic mass is 32.2. The average molecular weight is 392 g/mol. The smallest absolute Gasteiger partial charge is 0.224 e. The number of piperidine rings is 1. The van der Waals surface area contributed by atoms with Crippen LogP contribution in [-0.4, -0.2) is 49.6 Å². The first-order valence-corrected chi connectivity index (χ1v) is 11.6. The molecule has 7 heteroatoms. The maximum absolute atomic E-state index is 13.1. The monoisotopic (exact) mass is 391 g/mol. The van der Waals surface area contributed by atoms with Crippen LogP contribution in [0.5, 0.6) is 0 Å². The van der Waals surface area contributed by atoms with Gasteiger partial charge in [-0.1, -0.05) is 30.7 Å². The third-order valence-electron chi connectivity index (χ3n) is 6.32. The summed E-state index contributed by atoms with van der Waals surface area (Å²) < 4.78 is 27.8. The van der Waals surface area contributed by atoms with Crippen LogP contribution in [-0.2, 0) is 27.8 Å². The molecule has 1 saturated carbocycles. The molecule has 3 aliphatic rings. The molecular weight excluding hydrogens is 362 g/mol. The Morgan fingerprint density at radius 1 is 1.15 bits per heavy atom. The summed E-state index contributed by atoms with van der Waals surface area (Å²) in [6, 6.07) is 8.33. The number of hydrogen-bond acceptors (Lipinski definition) is 4. The van der Waals surface area contributed by atoms with E-state index in [2.05, 4.69) is 16.7 Å². The number of benzene rings is 1. The maximum Gasteiger partial charge on any atom is 0.224 e. The molecule has 1 saturated heterocycles. The third kappa shape index (κ3) is 3.91. The largest absolute Gasteiger partial charge is 0.354 e. The minimum Gasteiger partial charge on any atom is -0.354 e. The Morgan fingerprint density at radius 2 is 1.96 bits per heavy atom. The highest BCUT2D eigenvalue weighted by molar-refractivity contribution is 7.89. The van der Waals surface area contributed by atoms with E-state index in [-0.39, 0.29) is 5.91 Å². The Balaban J connectivity index is 1.37. The molecule has 2 N–H and O–H groups in total. The normalized spacial score (nSPS) is 28.8. The zero-order valence-electron chi connectivity index (χ0n) is 15.7. The number of carbonyl (C=O) groups is 1. The summed E-state index contributed by atoms with van der Waals surface area (Å²) in [5.74, 6) is -0.504. The fourth-order valence-corrected chi connectivity index (χ4v) is 6.61. The number of rotatable bonds is 5. The fraction of sp³-hybridized carbons (Fsp3) is 0.650. The van der Waals surface area contributed by atoms with Crippen molar-refractivity contribution in [2.75, 3.05) is 19.6 Å². The van der Waals surface area contributed by atoms with E-state index in [1.165, 1.54) is 18.4 Å². The van der Waals surface area contributed by atoms with E-state index in [4.69, 9.17) is 0 Å². The van der Waals surface area contributed by atoms with Gasteiger partial charge in [0.2, 0.25) is 15.9 Å². The summed E-state index contributed by atoms with van der Waals surface area (Å²) in [6.45, 7) is 2.53. The summed E-state index contributed by atoms with van der Waals surface area (Å²) in [4.78, 5) is 12.6. The van der Waals surface area contributed by atoms with Gasteiger partial charge in [-0.05, 0) is 49.8 Å². The Morgan fingerprint density at radius 3 is 2.67 bits per heavy atom. The van der Waals surface area contributed by atoms with Crippen LogP contribution in [0.4, 0.5) is 0 Å². The van der Waals surface area contributed by atoms with Gasteiger partial charge < -0.3 is 10.6 Å². The molecule has 1 amide bonds. The van der Waals surface area contributed by atoms with Crippen molar-refractivity contribution in [1.29, 1.82) is 0 Å². The topological polar surface area (TPSA) is 78.5 Å². The first-order chi connectivity index (χ1) is 13.1.